The van der Waals surface area contributed by atoms with Gasteiger partial charge in [0.05, 0.1) is 11.7 Å². The molecule has 224 valence electrons. The Morgan fingerprint density at radius 1 is 0.533 bits per heavy atom. The summed E-state index contributed by atoms with van der Waals surface area (Å²) in [5.74, 6) is 0. The Bertz CT molecular complexity index is 1560. The van der Waals surface area contributed by atoms with Gasteiger partial charge in [0.25, 0.3) is 0 Å². The number of para-hydroxylation sites is 1. The predicted molar refractivity (Wildman–Crippen MR) is 187 cm³/mol. The number of rotatable bonds is 7. The number of benzene rings is 5. The Morgan fingerprint density at radius 3 is 1.44 bits per heavy atom. The van der Waals surface area contributed by atoms with Crippen molar-refractivity contribution >= 4 is 39.1 Å². The third-order valence-electron chi connectivity index (χ3n) is 7.04. The van der Waals surface area contributed by atoms with Crippen LogP contribution in [0, 0.1) is 6.67 Å². The maximum absolute atomic E-state index is 4.56. The van der Waals surface area contributed by atoms with Gasteiger partial charge in [0.2, 0.25) is 6.67 Å². The van der Waals surface area contributed by atoms with E-state index in [0.29, 0.717) is 0 Å². The van der Waals surface area contributed by atoms with Crippen LogP contribution in [0.3, 0.4) is 0 Å². The minimum atomic E-state index is -0.446. The molecule has 3 nitrogen and oxygen atoms in total. The van der Waals surface area contributed by atoms with Crippen molar-refractivity contribution in [1.29, 1.82) is 0 Å². The molecule has 6 aromatic rings. The molecule has 1 aliphatic rings. The van der Waals surface area contributed by atoms with E-state index in [-0.39, 0.29) is 6.04 Å². The summed E-state index contributed by atoms with van der Waals surface area (Å²) in [6.07, 6.45) is 5.90. The molecule has 7 rings (SSSR count). The van der Waals surface area contributed by atoms with Gasteiger partial charge in [0, 0.05) is 24.3 Å². The van der Waals surface area contributed by atoms with Gasteiger partial charge in [-0.25, -0.2) is 0 Å². The van der Waals surface area contributed by atoms with Crippen LogP contribution in [-0.4, -0.2) is 9.88 Å². The molecule has 0 spiro atoms. The summed E-state index contributed by atoms with van der Waals surface area (Å²) in [5.41, 5.74) is 3.27. The molecule has 1 atom stereocenters. The van der Waals surface area contributed by atoms with Crippen LogP contribution in [0.2, 0.25) is 0 Å². The third-order valence-corrected chi connectivity index (χ3v) is 9.48. The maximum atomic E-state index is 4.56. The summed E-state index contributed by atoms with van der Waals surface area (Å²) < 4.78 is 0. The molecule has 0 saturated heterocycles. The summed E-state index contributed by atoms with van der Waals surface area (Å²) in [5, 5.41) is 4.19. The molecule has 1 aliphatic heterocycles. The van der Waals surface area contributed by atoms with Crippen LogP contribution >= 0.6 is 17.5 Å². The Balaban J connectivity index is 0.000000173. The zero-order valence-electron chi connectivity index (χ0n) is 24.5. The first-order chi connectivity index (χ1) is 22.4. The van der Waals surface area contributed by atoms with Crippen LogP contribution in [0.25, 0.3) is 0 Å². The van der Waals surface area contributed by atoms with Crippen molar-refractivity contribution in [1.82, 2.24) is 9.88 Å². The first kappa shape index (κ1) is 32.4. The van der Waals surface area contributed by atoms with Gasteiger partial charge in [0.1, 0.15) is 0 Å². The second-order valence-corrected chi connectivity index (χ2v) is 12.1. The number of hydrogen-bond acceptors (Lipinski definition) is 3. The molecule has 0 bridgehead atoms. The summed E-state index contributed by atoms with van der Waals surface area (Å²) >= 11 is 2.22. The first-order valence-corrected chi connectivity index (χ1v) is 17.8. The second kappa shape index (κ2) is 17.5. The average molecular weight is 716 g/mol. The molecule has 0 amide bonds. The van der Waals surface area contributed by atoms with Crippen molar-refractivity contribution in [2.24, 2.45) is 0 Å². The number of aromatic nitrogens is 1. The maximum Gasteiger partial charge on any atom is -0.0134 e. The van der Waals surface area contributed by atoms with Crippen LogP contribution in [0.4, 0.5) is 5.69 Å². The number of halogens is 1. The minimum absolute atomic E-state index is 0.00244. The molecule has 0 N–H and O–H groups in total. The Kier molecular flexibility index (Phi) is 12.6. The monoisotopic (exact) mass is 714 g/mol. The standard InChI is InChI=1S/C21H17N3.C18H15P.ClH.Pd/c1-3-9-18(10-4-1)21(20-13-7-8-14-22-20)24-16-15-23(17-24)19-11-5-2-6-12-19;1-4-10-16(11-5-1)19(17-12-6-2-7-13-17)18-14-8-3-9-15-18;;/h1-16,21H;1-15H;1H;/q;;;+2/p-1/t21-;;;/m0.../s1. The van der Waals surface area contributed by atoms with Crippen LogP contribution in [0.5, 0.6) is 0 Å². The molecule has 45 heavy (non-hydrogen) atoms. The smallest absolute Gasteiger partial charge is 0.0134 e. The van der Waals surface area contributed by atoms with Gasteiger partial charge in [-0.1, -0.05) is 146 Å². The molecule has 5 aromatic carbocycles. The SMILES string of the molecule is [C]1N(c2ccccc2)C=CN1[C@@H](c1ccccc1)c1ccccn1.[Cl][Pd+].c1ccc(P(c2ccccc2)c2ccccc2)cc1. The topological polar surface area (TPSA) is 19.4 Å². The number of nitrogens with zero attached hydrogens (tertiary/aromatic N) is 3. The van der Waals surface area contributed by atoms with Gasteiger partial charge in [-0.3, -0.25) is 4.98 Å². The molecule has 0 fully saturated rings. The average Bonchev–Trinajstić information content (AvgIpc) is 3.62. The molecule has 6 heteroatoms. The van der Waals surface area contributed by atoms with E-state index in [9.17, 15) is 0 Å². The Labute approximate surface area is 283 Å². The van der Waals surface area contributed by atoms with E-state index in [1.165, 1.54) is 21.5 Å². The number of pyridine rings is 1. The number of anilines is 1. The first-order valence-electron chi connectivity index (χ1n) is 14.5. The van der Waals surface area contributed by atoms with Gasteiger partial charge in [-0.05, 0) is 53.7 Å². The van der Waals surface area contributed by atoms with Crippen molar-refractivity contribution in [3.8, 4) is 0 Å². The molecular weight excluding hydrogens is 683 g/mol. The summed E-state index contributed by atoms with van der Waals surface area (Å²) in [6, 6.07) is 58.9. The largest absolute Gasteiger partial charge is 0.0622 e. The summed E-state index contributed by atoms with van der Waals surface area (Å²) in [6.45, 7) is 3.42. The van der Waals surface area contributed by atoms with E-state index in [0.717, 1.165) is 11.4 Å². The van der Waals surface area contributed by atoms with Crippen molar-refractivity contribution in [3.63, 3.8) is 0 Å². The van der Waals surface area contributed by atoms with Crippen molar-refractivity contribution in [3.05, 3.63) is 206 Å². The Hall–Kier alpha value is -4.03. The fourth-order valence-corrected chi connectivity index (χ4v) is 7.34. The van der Waals surface area contributed by atoms with Crippen LogP contribution in [0.1, 0.15) is 17.3 Å². The normalized spacial score (nSPS) is 12.5. The van der Waals surface area contributed by atoms with E-state index in [2.05, 4.69) is 178 Å². The van der Waals surface area contributed by atoms with Gasteiger partial charge in [-0.15, -0.1) is 0 Å². The quantitative estimate of drug-likeness (QED) is 0.122. The van der Waals surface area contributed by atoms with Crippen molar-refractivity contribution < 1.29 is 18.2 Å². The molecule has 1 aromatic heterocycles. The fraction of sp³-hybridized carbons (Fsp3) is 0.0256. The molecule has 0 aliphatic carbocycles. The van der Waals surface area contributed by atoms with Crippen molar-refractivity contribution in [2.75, 3.05) is 4.90 Å². The zero-order chi connectivity index (χ0) is 31.1. The predicted octanol–water partition coefficient (Wildman–Crippen LogP) is 8.59. The van der Waals surface area contributed by atoms with Gasteiger partial charge in [-0.2, -0.15) is 0 Å². The summed E-state index contributed by atoms with van der Waals surface area (Å²) in [4.78, 5) is 8.64. The third kappa shape index (κ3) is 8.79. The molecule has 0 unspecified atom stereocenters. The van der Waals surface area contributed by atoms with E-state index < -0.39 is 7.92 Å². The van der Waals surface area contributed by atoms with Crippen LogP contribution in [-0.2, 0) is 18.2 Å². The van der Waals surface area contributed by atoms with Crippen molar-refractivity contribution in [2.45, 2.75) is 6.04 Å². The van der Waals surface area contributed by atoms with Crippen LogP contribution < -0.4 is 20.8 Å². The molecule has 2 radical (unpaired) electrons. The van der Waals surface area contributed by atoms with E-state index in [4.69, 9.17) is 0 Å². The molecular formula is C39H32ClN3PPd+. The molecule has 0 saturated carbocycles. The van der Waals surface area contributed by atoms with Crippen LogP contribution in [0.15, 0.2) is 188 Å². The van der Waals surface area contributed by atoms with E-state index in [1.807, 2.05) is 59.9 Å². The zero-order valence-corrected chi connectivity index (χ0v) is 27.7. The molecule has 2 heterocycles. The second-order valence-electron chi connectivity index (χ2n) is 9.92. The van der Waals surface area contributed by atoms with Gasteiger partial charge >= 0.3 is 27.7 Å². The number of hydrogen-bond donors (Lipinski definition) is 0. The van der Waals surface area contributed by atoms with E-state index in [1.54, 1.807) is 0 Å². The van der Waals surface area contributed by atoms with Gasteiger partial charge < -0.3 is 9.80 Å². The fourth-order valence-electron chi connectivity index (χ4n) is 5.03. The minimum Gasteiger partial charge on any atom is -0.0622 e. The summed E-state index contributed by atoms with van der Waals surface area (Å²) in [7, 11) is 4.04. The van der Waals surface area contributed by atoms with E-state index >= 15 is 0 Å². The Morgan fingerprint density at radius 2 is 0.978 bits per heavy atom. The van der Waals surface area contributed by atoms with Gasteiger partial charge in [0.15, 0.2) is 0 Å².